The summed E-state index contributed by atoms with van der Waals surface area (Å²) >= 11 is 0. The summed E-state index contributed by atoms with van der Waals surface area (Å²) in [6.45, 7) is 4.14. The van der Waals surface area contributed by atoms with E-state index in [1.807, 2.05) is 27.2 Å². The topological polar surface area (TPSA) is 31.9 Å². The fourth-order valence-corrected chi connectivity index (χ4v) is 0.890. The number of aromatic nitrogens is 2. The predicted molar refractivity (Wildman–Crippen MR) is 45.4 cm³/mol. The largest absolute Gasteiger partial charge is 0.345 e. The van der Waals surface area contributed by atoms with Crippen molar-refractivity contribution < 1.29 is 0 Å². The molecule has 3 nitrogen and oxygen atoms in total. The molecular weight excluding hydrogens is 138 g/mol. The molecule has 0 fully saturated rings. The minimum atomic E-state index is 0.365. The molecule has 0 aliphatic rings. The molecule has 0 amide bonds. The third-order valence-electron chi connectivity index (χ3n) is 1.89. The second-order valence-corrected chi connectivity index (χ2v) is 3.09. The molecule has 3 heteroatoms. The van der Waals surface area contributed by atoms with Crippen molar-refractivity contribution in [3.63, 3.8) is 0 Å². The van der Waals surface area contributed by atoms with Gasteiger partial charge in [0.15, 0.2) is 0 Å². The summed E-state index contributed by atoms with van der Waals surface area (Å²) in [6, 6.07) is 0.365. The van der Waals surface area contributed by atoms with Gasteiger partial charge in [0.05, 0.1) is 6.04 Å². The number of rotatable bonds is 2. The second kappa shape index (κ2) is 3.05. The van der Waals surface area contributed by atoms with Gasteiger partial charge in [0, 0.05) is 11.9 Å². The van der Waals surface area contributed by atoms with Crippen LogP contribution in [0.15, 0.2) is 6.20 Å². The van der Waals surface area contributed by atoms with Gasteiger partial charge in [0.1, 0.15) is 5.82 Å². The van der Waals surface area contributed by atoms with Crippen LogP contribution in [0.2, 0.25) is 0 Å². The van der Waals surface area contributed by atoms with E-state index in [1.54, 1.807) is 0 Å². The molecule has 1 aromatic rings. The molecule has 11 heavy (non-hydrogen) atoms. The Morgan fingerprint density at radius 3 is 2.55 bits per heavy atom. The van der Waals surface area contributed by atoms with Crippen molar-refractivity contribution in [3.05, 3.63) is 17.7 Å². The molecule has 0 saturated carbocycles. The van der Waals surface area contributed by atoms with Crippen molar-refractivity contribution in [3.8, 4) is 0 Å². The molecule has 0 aliphatic heterocycles. The summed E-state index contributed by atoms with van der Waals surface area (Å²) in [4.78, 5) is 9.57. The highest BCUT2D eigenvalue weighted by Crippen LogP contribution is 2.12. The van der Waals surface area contributed by atoms with Gasteiger partial charge in [-0.25, -0.2) is 4.98 Å². The zero-order valence-corrected chi connectivity index (χ0v) is 7.55. The van der Waals surface area contributed by atoms with E-state index in [1.165, 1.54) is 0 Å². The summed E-state index contributed by atoms with van der Waals surface area (Å²) in [5, 5.41) is 0. The van der Waals surface area contributed by atoms with E-state index in [0.717, 1.165) is 11.5 Å². The van der Waals surface area contributed by atoms with E-state index in [0.29, 0.717) is 6.04 Å². The quantitative estimate of drug-likeness (QED) is 0.695. The maximum absolute atomic E-state index is 4.24. The van der Waals surface area contributed by atoms with Crippen molar-refractivity contribution >= 4 is 0 Å². The average Bonchev–Trinajstić information content (AvgIpc) is 2.34. The molecule has 0 aliphatic carbocycles. The number of H-pyrrole nitrogens is 1. The van der Waals surface area contributed by atoms with Crippen LogP contribution in [0.1, 0.15) is 24.5 Å². The SMILES string of the molecule is Cc1cnc(C(C)N(C)C)[nH]1. The monoisotopic (exact) mass is 153 g/mol. The Labute approximate surface area is 67.4 Å². The first-order chi connectivity index (χ1) is 5.11. The summed E-state index contributed by atoms with van der Waals surface area (Å²) < 4.78 is 0. The molecule has 0 radical (unpaired) electrons. The molecule has 1 heterocycles. The number of hydrogen-bond acceptors (Lipinski definition) is 2. The van der Waals surface area contributed by atoms with E-state index in [-0.39, 0.29) is 0 Å². The highest BCUT2D eigenvalue weighted by Gasteiger charge is 2.09. The van der Waals surface area contributed by atoms with Crippen molar-refractivity contribution in [1.29, 1.82) is 0 Å². The Hall–Kier alpha value is -0.830. The number of aryl methyl sites for hydroxylation is 1. The lowest BCUT2D eigenvalue weighted by molar-refractivity contribution is 0.310. The van der Waals surface area contributed by atoms with Crippen molar-refractivity contribution in [2.45, 2.75) is 19.9 Å². The van der Waals surface area contributed by atoms with Crippen LogP contribution in [0.3, 0.4) is 0 Å². The minimum Gasteiger partial charge on any atom is -0.345 e. The lowest BCUT2D eigenvalue weighted by Crippen LogP contribution is -2.17. The average molecular weight is 153 g/mol. The van der Waals surface area contributed by atoms with Gasteiger partial charge in [-0.05, 0) is 27.9 Å². The molecular formula is C8H15N3. The van der Waals surface area contributed by atoms with Crippen LogP contribution < -0.4 is 0 Å². The van der Waals surface area contributed by atoms with Gasteiger partial charge in [0.2, 0.25) is 0 Å². The third kappa shape index (κ3) is 1.80. The zero-order chi connectivity index (χ0) is 8.43. The molecule has 0 bridgehead atoms. The van der Waals surface area contributed by atoms with Gasteiger partial charge in [-0.3, -0.25) is 4.90 Å². The van der Waals surface area contributed by atoms with Crippen LogP contribution in [0.25, 0.3) is 0 Å². The number of imidazole rings is 1. The smallest absolute Gasteiger partial charge is 0.123 e. The van der Waals surface area contributed by atoms with Crippen LogP contribution in [-0.2, 0) is 0 Å². The summed E-state index contributed by atoms with van der Waals surface area (Å²) in [5.74, 6) is 1.03. The van der Waals surface area contributed by atoms with E-state index in [9.17, 15) is 0 Å². The number of aromatic amines is 1. The molecule has 1 atom stereocenters. The molecule has 0 saturated heterocycles. The maximum Gasteiger partial charge on any atom is 0.123 e. The summed E-state index contributed by atoms with van der Waals surface area (Å²) in [7, 11) is 4.09. The van der Waals surface area contributed by atoms with E-state index in [4.69, 9.17) is 0 Å². The first-order valence-electron chi connectivity index (χ1n) is 3.79. The Morgan fingerprint density at radius 1 is 1.55 bits per heavy atom. The normalized spacial score (nSPS) is 13.9. The van der Waals surface area contributed by atoms with Crippen molar-refractivity contribution in [2.24, 2.45) is 0 Å². The van der Waals surface area contributed by atoms with E-state index in [2.05, 4.69) is 21.8 Å². The molecule has 1 aromatic heterocycles. The fraction of sp³-hybridized carbons (Fsp3) is 0.625. The Bertz CT molecular complexity index is 227. The van der Waals surface area contributed by atoms with Crippen LogP contribution in [-0.4, -0.2) is 29.0 Å². The lowest BCUT2D eigenvalue weighted by atomic mass is 10.3. The second-order valence-electron chi connectivity index (χ2n) is 3.09. The predicted octanol–water partition coefficient (Wildman–Crippen LogP) is 1.34. The number of nitrogens with one attached hydrogen (secondary N) is 1. The van der Waals surface area contributed by atoms with Gasteiger partial charge in [-0.1, -0.05) is 0 Å². The van der Waals surface area contributed by atoms with Crippen LogP contribution in [0.4, 0.5) is 0 Å². The van der Waals surface area contributed by atoms with Crippen LogP contribution >= 0.6 is 0 Å². The van der Waals surface area contributed by atoms with Crippen LogP contribution in [0, 0.1) is 6.92 Å². The number of hydrogen-bond donors (Lipinski definition) is 1. The highest BCUT2D eigenvalue weighted by molar-refractivity contribution is 5.01. The van der Waals surface area contributed by atoms with Gasteiger partial charge in [0.25, 0.3) is 0 Å². The first kappa shape index (κ1) is 8.27. The van der Waals surface area contributed by atoms with Crippen molar-refractivity contribution in [2.75, 3.05) is 14.1 Å². The Kier molecular flexibility index (Phi) is 2.29. The van der Waals surface area contributed by atoms with Gasteiger partial charge in [-0.15, -0.1) is 0 Å². The zero-order valence-electron chi connectivity index (χ0n) is 7.55. The fourth-order valence-electron chi connectivity index (χ4n) is 0.890. The minimum absolute atomic E-state index is 0.365. The van der Waals surface area contributed by atoms with Gasteiger partial charge >= 0.3 is 0 Å². The Balaban J connectivity index is 2.76. The molecule has 1 rings (SSSR count). The summed E-state index contributed by atoms with van der Waals surface area (Å²) in [5.41, 5.74) is 1.12. The molecule has 0 aromatic carbocycles. The molecule has 0 spiro atoms. The third-order valence-corrected chi connectivity index (χ3v) is 1.89. The standard InChI is InChI=1S/C8H15N3/c1-6-5-9-8(10-6)7(2)11(3)4/h5,7H,1-4H3,(H,9,10). The van der Waals surface area contributed by atoms with Crippen molar-refractivity contribution in [1.82, 2.24) is 14.9 Å². The summed E-state index contributed by atoms with van der Waals surface area (Å²) in [6.07, 6.45) is 1.86. The molecule has 1 unspecified atom stereocenters. The molecule has 1 N–H and O–H groups in total. The van der Waals surface area contributed by atoms with Crippen LogP contribution in [0.5, 0.6) is 0 Å². The van der Waals surface area contributed by atoms with Gasteiger partial charge < -0.3 is 4.98 Å². The van der Waals surface area contributed by atoms with E-state index < -0.39 is 0 Å². The lowest BCUT2D eigenvalue weighted by Gasteiger charge is -2.16. The molecule has 62 valence electrons. The van der Waals surface area contributed by atoms with Gasteiger partial charge in [-0.2, -0.15) is 0 Å². The van der Waals surface area contributed by atoms with E-state index >= 15 is 0 Å². The maximum atomic E-state index is 4.24. The highest BCUT2D eigenvalue weighted by atomic mass is 15.1. The first-order valence-corrected chi connectivity index (χ1v) is 3.79. The number of nitrogens with zero attached hydrogens (tertiary/aromatic N) is 2. The Morgan fingerprint density at radius 2 is 2.18 bits per heavy atom.